The van der Waals surface area contributed by atoms with Crippen molar-refractivity contribution in [1.82, 2.24) is 0 Å². The first-order valence-electron chi connectivity index (χ1n) is 8.96. The van der Waals surface area contributed by atoms with Gasteiger partial charge in [0.05, 0.1) is 12.2 Å². The van der Waals surface area contributed by atoms with Crippen LogP contribution in [0.15, 0.2) is 36.4 Å². The highest BCUT2D eigenvalue weighted by atomic mass is 19.2. The highest BCUT2D eigenvalue weighted by molar-refractivity contribution is 5.93. The Bertz CT molecular complexity index is 803. The van der Waals surface area contributed by atoms with Gasteiger partial charge in [-0.05, 0) is 55.2 Å². The minimum absolute atomic E-state index is 0.126. The SMILES string of the molecule is CC1CCN(c2ccc(NCC(=O)Nc3ccc(F)c(F)c3F)cc2)CC1. The zero-order valence-electron chi connectivity index (χ0n) is 15.1. The van der Waals surface area contributed by atoms with Crippen LogP contribution >= 0.6 is 0 Å². The quantitative estimate of drug-likeness (QED) is 0.760. The van der Waals surface area contributed by atoms with Crippen molar-refractivity contribution in [2.24, 2.45) is 5.92 Å². The molecule has 1 saturated heterocycles. The number of hydrogen-bond donors (Lipinski definition) is 2. The Morgan fingerprint density at radius 1 is 1.04 bits per heavy atom. The van der Waals surface area contributed by atoms with Gasteiger partial charge < -0.3 is 15.5 Å². The third kappa shape index (κ3) is 4.72. The number of carbonyl (C=O) groups is 1. The fourth-order valence-electron chi connectivity index (χ4n) is 3.06. The number of anilines is 3. The molecule has 1 aliphatic heterocycles. The van der Waals surface area contributed by atoms with Crippen LogP contribution in [0.2, 0.25) is 0 Å². The summed E-state index contributed by atoms with van der Waals surface area (Å²) in [7, 11) is 0. The van der Waals surface area contributed by atoms with E-state index >= 15 is 0 Å². The van der Waals surface area contributed by atoms with Crippen LogP contribution in [0.4, 0.5) is 30.2 Å². The molecule has 27 heavy (non-hydrogen) atoms. The van der Waals surface area contributed by atoms with Crippen molar-refractivity contribution >= 4 is 23.0 Å². The van der Waals surface area contributed by atoms with Gasteiger partial charge in [-0.15, -0.1) is 0 Å². The van der Waals surface area contributed by atoms with Crippen molar-refractivity contribution in [3.63, 3.8) is 0 Å². The van der Waals surface area contributed by atoms with Gasteiger partial charge in [-0.25, -0.2) is 13.2 Å². The fraction of sp³-hybridized carbons (Fsp3) is 0.350. The first-order valence-corrected chi connectivity index (χ1v) is 8.96. The standard InChI is InChI=1S/C20H22F3N3O/c1-13-8-10-26(11-9-13)15-4-2-14(3-5-15)24-12-18(27)25-17-7-6-16(21)19(22)20(17)23/h2-7,13,24H,8-12H2,1H3,(H,25,27). The van der Waals surface area contributed by atoms with Crippen LogP contribution in [0.1, 0.15) is 19.8 Å². The number of benzene rings is 2. The first-order chi connectivity index (χ1) is 12.9. The van der Waals surface area contributed by atoms with Crippen molar-refractivity contribution in [3.8, 4) is 0 Å². The molecule has 0 spiro atoms. The summed E-state index contributed by atoms with van der Waals surface area (Å²) in [4.78, 5) is 14.3. The Labute approximate surface area is 156 Å². The third-order valence-electron chi connectivity index (χ3n) is 4.78. The lowest BCUT2D eigenvalue weighted by Crippen LogP contribution is -2.32. The third-order valence-corrected chi connectivity index (χ3v) is 4.78. The van der Waals surface area contributed by atoms with E-state index in [1.807, 2.05) is 24.3 Å². The average Bonchev–Trinajstić information content (AvgIpc) is 2.68. The predicted molar refractivity (Wildman–Crippen MR) is 100 cm³/mol. The molecule has 0 radical (unpaired) electrons. The molecule has 3 rings (SSSR count). The second kappa shape index (κ2) is 8.33. The molecule has 2 aromatic rings. The van der Waals surface area contributed by atoms with Crippen molar-refractivity contribution < 1.29 is 18.0 Å². The fourth-order valence-corrected chi connectivity index (χ4v) is 3.06. The lowest BCUT2D eigenvalue weighted by Gasteiger charge is -2.32. The van der Waals surface area contributed by atoms with E-state index in [9.17, 15) is 18.0 Å². The molecule has 0 bridgehead atoms. The Balaban J connectivity index is 1.52. The van der Waals surface area contributed by atoms with E-state index in [1.54, 1.807) is 0 Å². The summed E-state index contributed by atoms with van der Waals surface area (Å²) in [5.74, 6) is -4.12. The van der Waals surface area contributed by atoms with Crippen LogP contribution in [0.3, 0.4) is 0 Å². The molecular weight excluding hydrogens is 355 g/mol. The van der Waals surface area contributed by atoms with Crippen LogP contribution < -0.4 is 15.5 Å². The molecule has 4 nitrogen and oxygen atoms in total. The number of piperidine rings is 1. The van der Waals surface area contributed by atoms with Crippen molar-refractivity contribution in [2.75, 3.05) is 35.2 Å². The van der Waals surface area contributed by atoms with Crippen LogP contribution in [-0.4, -0.2) is 25.5 Å². The highest BCUT2D eigenvalue weighted by Gasteiger charge is 2.16. The van der Waals surface area contributed by atoms with E-state index in [0.29, 0.717) is 0 Å². The van der Waals surface area contributed by atoms with Crippen molar-refractivity contribution in [1.29, 1.82) is 0 Å². The summed E-state index contributed by atoms with van der Waals surface area (Å²) in [6.45, 7) is 4.22. The average molecular weight is 377 g/mol. The molecule has 0 aliphatic carbocycles. The topological polar surface area (TPSA) is 44.4 Å². The summed E-state index contributed by atoms with van der Waals surface area (Å²) < 4.78 is 39.7. The van der Waals surface area contributed by atoms with Gasteiger partial charge in [0, 0.05) is 24.5 Å². The summed E-state index contributed by atoms with van der Waals surface area (Å²) >= 11 is 0. The van der Waals surface area contributed by atoms with Crippen LogP contribution in [0, 0.1) is 23.4 Å². The Hall–Kier alpha value is -2.70. The maximum Gasteiger partial charge on any atom is 0.243 e. The number of carbonyl (C=O) groups excluding carboxylic acids is 1. The van der Waals surface area contributed by atoms with E-state index in [1.165, 1.54) is 12.8 Å². The van der Waals surface area contributed by atoms with Crippen molar-refractivity contribution in [2.45, 2.75) is 19.8 Å². The number of hydrogen-bond acceptors (Lipinski definition) is 3. The second-order valence-electron chi connectivity index (χ2n) is 6.84. The van der Waals surface area contributed by atoms with Crippen molar-refractivity contribution in [3.05, 3.63) is 53.8 Å². The van der Waals surface area contributed by atoms with E-state index in [4.69, 9.17) is 0 Å². The van der Waals surface area contributed by atoms with Crippen LogP contribution in [-0.2, 0) is 4.79 Å². The van der Waals surface area contributed by atoms with Gasteiger partial charge >= 0.3 is 0 Å². The van der Waals surface area contributed by atoms with Gasteiger partial charge in [-0.2, -0.15) is 0 Å². The largest absolute Gasteiger partial charge is 0.376 e. The molecule has 0 saturated carbocycles. The first kappa shape index (κ1) is 19.1. The monoisotopic (exact) mass is 377 g/mol. The highest BCUT2D eigenvalue weighted by Crippen LogP contribution is 2.24. The minimum Gasteiger partial charge on any atom is -0.376 e. The van der Waals surface area contributed by atoms with Gasteiger partial charge in [0.25, 0.3) is 0 Å². The smallest absolute Gasteiger partial charge is 0.243 e. The molecule has 1 aliphatic rings. The molecule has 0 aromatic heterocycles. The minimum atomic E-state index is -1.61. The lowest BCUT2D eigenvalue weighted by molar-refractivity contribution is -0.114. The van der Waals surface area contributed by atoms with Gasteiger partial charge in [0.2, 0.25) is 5.91 Å². The van der Waals surface area contributed by atoms with Gasteiger partial charge in [-0.3, -0.25) is 4.79 Å². The Morgan fingerprint density at radius 3 is 2.37 bits per heavy atom. The number of nitrogens with one attached hydrogen (secondary N) is 2. The molecule has 0 atom stereocenters. The van der Waals surface area contributed by atoms with E-state index < -0.39 is 29.0 Å². The molecular formula is C20H22F3N3O. The zero-order chi connectivity index (χ0) is 19.4. The summed E-state index contributed by atoms with van der Waals surface area (Å²) in [6, 6.07) is 9.48. The number of halogens is 3. The second-order valence-corrected chi connectivity index (χ2v) is 6.84. The van der Waals surface area contributed by atoms with Crippen LogP contribution in [0.5, 0.6) is 0 Å². The van der Waals surface area contributed by atoms with Gasteiger partial charge in [0.15, 0.2) is 17.5 Å². The Morgan fingerprint density at radius 2 is 1.70 bits per heavy atom. The molecule has 144 valence electrons. The normalized spacial score (nSPS) is 14.9. The summed E-state index contributed by atoms with van der Waals surface area (Å²) in [6.07, 6.45) is 2.36. The summed E-state index contributed by atoms with van der Waals surface area (Å²) in [5, 5.41) is 5.15. The zero-order valence-corrected chi connectivity index (χ0v) is 15.1. The van der Waals surface area contributed by atoms with E-state index in [-0.39, 0.29) is 6.54 Å². The maximum atomic E-state index is 13.6. The van der Waals surface area contributed by atoms with E-state index in [0.717, 1.165) is 42.5 Å². The van der Waals surface area contributed by atoms with Crippen LogP contribution in [0.25, 0.3) is 0 Å². The molecule has 1 fully saturated rings. The van der Waals surface area contributed by atoms with Gasteiger partial charge in [0.1, 0.15) is 0 Å². The number of rotatable bonds is 5. The molecule has 0 unspecified atom stereocenters. The predicted octanol–water partition coefficient (Wildman–Crippen LogP) is 4.39. The maximum absolute atomic E-state index is 13.6. The molecule has 1 heterocycles. The number of amides is 1. The lowest BCUT2D eigenvalue weighted by atomic mass is 9.99. The molecule has 1 amide bonds. The van der Waals surface area contributed by atoms with E-state index in [2.05, 4.69) is 22.5 Å². The summed E-state index contributed by atoms with van der Waals surface area (Å²) in [5.41, 5.74) is 1.49. The molecule has 7 heteroatoms. The van der Waals surface area contributed by atoms with Gasteiger partial charge in [-0.1, -0.05) is 6.92 Å². The molecule has 2 N–H and O–H groups in total. The molecule has 2 aromatic carbocycles. The number of nitrogens with zero attached hydrogens (tertiary/aromatic N) is 1. The Kier molecular flexibility index (Phi) is 5.88.